The number of benzene rings is 1. The molecule has 4 atom stereocenters. The number of H-pyrrole nitrogens is 1. The van der Waals surface area contributed by atoms with Crippen molar-refractivity contribution in [1.29, 1.82) is 0 Å². The molecule has 2 rings (SSSR count). The van der Waals surface area contributed by atoms with Gasteiger partial charge in [-0.15, -0.1) is 0 Å². The Morgan fingerprint density at radius 2 is 1.34 bits per heavy atom. The number of carboxylic acid groups (broad SMARTS) is 5. The minimum atomic E-state index is -1.29. The van der Waals surface area contributed by atoms with Crippen molar-refractivity contribution in [3.05, 3.63) is 54.1 Å². The topological polar surface area (TPSA) is 322 Å². The second kappa shape index (κ2) is 23.7. The number of hydrogen-bond donors (Lipinski definition) is 10. The summed E-state index contributed by atoms with van der Waals surface area (Å²) in [4.78, 5) is 67.9. The predicted octanol–water partition coefficient (Wildman–Crippen LogP) is -0.356. The van der Waals surface area contributed by atoms with Crippen molar-refractivity contribution in [2.24, 2.45) is 17.2 Å². The van der Waals surface area contributed by atoms with E-state index in [0.717, 1.165) is 18.4 Å². The Morgan fingerprint density at radius 3 is 1.70 bits per heavy atom. The fraction of sp³-hybridized carbons (Fsp3) is 0.444. The van der Waals surface area contributed by atoms with Crippen LogP contribution in [0.1, 0.15) is 50.8 Å². The molecule has 1 aromatic heterocycles. The van der Waals surface area contributed by atoms with E-state index in [1.54, 1.807) is 6.20 Å². The number of amides is 1. The van der Waals surface area contributed by atoms with Crippen LogP contribution in [0.4, 0.5) is 0 Å². The lowest BCUT2D eigenvalue weighted by Gasteiger charge is -2.11. The molecule has 0 aliphatic rings. The first-order valence-corrected chi connectivity index (χ1v) is 13.2. The number of aromatic amines is 1. The van der Waals surface area contributed by atoms with E-state index in [0.29, 0.717) is 18.5 Å². The molecule has 17 nitrogen and oxygen atoms in total. The third kappa shape index (κ3) is 22.8. The zero-order chi connectivity index (χ0) is 34.2. The van der Waals surface area contributed by atoms with Crippen LogP contribution in [0.25, 0.3) is 0 Å². The molecule has 13 N–H and O–H groups in total. The lowest BCUT2D eigenvalue weighted by Crippen LogP contribution is -2.39. The summed E-state index contributed by atoms with van der Waals surface area (Å²) >= 11 is 0. The van der Waals surface area contributed by atoms with Crippen molar-refractivity contribution in [3.63, 3.8) is 0 Å². The van der Waals surface area contributed by atoms with Gasteiger partial charge in [-0.2, -0.15) is 0 Å². The summed E-state index contributed by atoms with van der Waals surface area (Å²) in [6.45, 7) is 3.30. The second-order valence-electron chi connectivity index (χ2n) is 9.12. The maximum atomic E-state index is 10.5. The Labute approximate surface area is 253 Å². The molecule has 0 bridgehead atoms. The molecule has 0 fully saturated rings. The molecule has 0 saturated heterocycles. The SMILES string of the molecule is CCCCC(NC(C)=O)C(=O)O.NC(CC(=O)O)C(=O)O.NC(Cc1c[nH]cn1)C(=O)O.NC(Cc1ccccc1)C(=O)O. The van der Waals surface area contributed by atoms with Gasteiger partial charge in [0.2, 0.25) is 5.91 Å². The molecular formula is C27H42N6O11. The largest absolute Gasteiger partial charge is 0.481 e. The molecule has 1 amide bonds. The van der Waals surface area contributed by atoms with Crippen molar-refractivity contribution in [2.45, 2.75) is 76.5 Å². The van der Waals surface area contributed by atoms with Gasteiger partial charge in [0.25, 0.3) is 0 Å². The number of carboxylic acids is 5. The Bertz CT molecular complexity index is 1150. The van der Waals surface area contributed by atoms with E-state index in [1.807, 2.05) is 37.3 Å². The summed E-state index contributed by atoms with van der Waals surface area (Å²) in [6.07, 6.45) is 5.49. The van der Waals surface area contributed by atoms with Crippen LogP contribution in [0.2, 0.25) is 0 Å². The fourth-order valence-electron chi connectivity index (χ4n) is 2.86. The van der Waals surface area contributed by atoms with Crippen LogP contribution in [0.15, 0.2) is 42.9 Å². The number of nitrogens with two attached hydrogens (primary N) is 3. The van der Waals surface area contributed by atoms with Crippen LogP contribution in [0, 0.1) is 0 Å². The van der Waals surface area contributed by atoms with E-state index in [4.69, 9.17) is 42.7 Å². The minimum absolute atomic E-state index is 0.263. The average molecular weight is 627 g/mol. The zero-order valence-electron chi connectivity index (χ0n) is 24.5. The van der Waals surface area contributed by atoms with E-state index in [9.17, 15) is 28.8 Å². The van der Waals surface area contributed by atoms with Gasteiger partial charge in [0.15, 0.2) is 0 Å². The highest BCUT2D eigenvalue weighted by Gasteiger charge is 2.17. The van der Waals surface area contributed by atoms with Crippen molar-refractivity contribution in [2.75, 3.05) is 0 Å². The molecule has 0 saturated carbocycles. The van der Waals surface area contributed by atoms with Crippen molar-refractivity contribution in [1.82, 2.24) is 15.3 Å². The molecule has 0 aliphatic heterocycles. The number of hydrogen-bond acceptors (Lipinski definition) is 10. The lowest BCUT2D eigenvalue weighted by molar-refractivity contribution is -0.144. The first-order chi connectivity index (χ1) is 20.5. The van der Waals surface area contributed by atoms with Gasteiger partial charge in [0, 0.05) is 19.5 Å². The van der Waals surface area contributed by atoms with Gasteiger partial charge in [-0.3, -0.25) is 24.0 Å². The highest BCUT2D eigenvalue weighted by atomic mass is 16.4. The smallest absolute Gasteiger partial charge is 0.326 e. The van der Waals surface area contributed by atoms with Crippen molar-refractivity contribution >= 4 is 35.8 Å². The van der Waals surface area contributed by atoms with Crippen LogP contribution >= 0.6 is 0 Å². The number of imidazole rings is 1. The summed E-state index contributed by atoms with van der Waals surface area (Å²) in [5, 5.41) is 44.0. The molecule has 0 spiro atoms. The quantitative estimate of drug-likeness (QED) is 0.128. The average Bonchev–Trinajstić information content (AvgIpc) is 3.45. The van der Waals surface area contributed by atoms with Crippen LogP contribution < -0.4 is 22.5 Å². The summed E-state index contributed by atoms with van der Waals surface area (Å²) < 4.78 is 0. The number of rotatable bonds is 14. The summed E-state index contributed by atoms with van der Waals surface area (Å²) in [5.74, 6) is -5.72. The van der Waals surface area contributed by atoms with Crippen molar-refractivity contribution in [3.8, 4) is 0 Å². The normalized spacial score (nSPS) is 12.5. The fourth-order valence-corrected chi connectivity index (χ4v) is 2.86. The van der Waals surface area contributed by atoms with E-state index in [1.165, 1.54) is 13.3 Å². The van der Waals surface area contributed by atoms with E-state index < -0.39 is 60.4 Å². The first kappa shape index (κ1) is 41.3. The number of nitrogens with one attached hydrogen (secondary N) is 2. The monoisotopic (exact) mass is 626 g/mol. The van der Waals surface area contributed by atoms with Gasteiger partial charge in [-0.1, -0.05) is 50.1 Å². The minimum Gasteiger partial charge on any atom is -0.481 e. The van der Waals surface area contributed by atoms with Gasteiger partial charge < -0.3 is 53.0 Å². The van der Waals surface area contributed by atoms with E-state index in [2.05, 4.69) is 15.3 Å². The zero-order valence-corrected chi connectivity index (χ0v) is 24.5. The van der Waals surface area contributed by atoms with E-state index in [-0.39, 0.29) is 12.3 Å². The maximum absolute atomic E-state index is 10.5. The molecule has 1 aromatic carbocycles. The van der Waals surface area contributed by atoms with Gasteiger partial charge in [-0.05, 0) is 18.4 Å². The molecular weight excluding hydrogens is 584 g/mol. The molecule has 0 aliphatic carbocycles. The molecule has 246 valence electrons. The van der Waals surface area contributed by atoms with Gasteiger partial charge in [-0.25, -0.2) is 9.78 Å². The third-order valence-corrected chi connectivity index (χ3v) is 5.15. The van der Waals surface area contributed by atoms with Crippen LogP contribution in [-0.2, 0) is 41.6 Å². The molecule has 1 heterocycles. The van der Waals surface area contributed by atoms with Crippen molar-refractivity contribution < 1.29 is 54.3 Å². The van der Waals surface area contributed by atoms with Crippen LogP contribution in [0.3, 0.4) is 0 Å². The highest BCUT2D eigenvalue weighted by molar-refractivity contribution is 5.82. The summed E-state index contributed by atoms with van der Waals surface area (Å²) in [5.41, 5.74) is 17.1. The molecule has 2 aromatic rings. The van der Waals surface area contributed by atoms with E-state index >= 15 is 0 Å². The highest BCUT2D eigenvalue weighted by Crippen LogP contribution is 2.02. The summed E-state index contributed by atoms with van der Waals surface area (Å²) in [7, 11) is 0. The number of nitrogens with zero attached hydrogens (tertiary/aromatic N) is 1. The maximum Gasteiger partial charge on any atom is 0.326 e. The molecule has 44 heavy (non-hydrogen) atoms. The molecule has 4 unspecified atom stereocenters. The number of unbranched alkanes of at least 4 members (excludes halogenated alkanes) is 1. The number of carbonyl (C=O) groups excluding carboxylic acids is 1. The Balaban J connectivity index is 0. The van der Waals surface area contributed by atoms with Crippen LogP contribution in [0.5, 0.6) is 0 Å². The second-order valence-corrected chi connectivity index (χ2v) is 9.12. The molecule has 0 radical (unpaired) electrons. The Hall–Kier alpha value is -4.87. The first-order valence-electron chi connectivity index (χ1n) is 13.2. The predicted molar refractivity (Wildman–Crippen MR) is 156 cm³/mol. The third-order valence-electron chi connectivity index (χ3n) is 5.15. The number of aromatic nitrogens is 2. The molecule has 17 heteroatoms. The summed E-state index contributed by atoms with van der Waals surface area (Å²) in [6, 6.07) is 5.67. The Kier molecular flexibility index (Phi) is 22.2. The van der Waals surface area contributed by atoms with Crippen LogP contribution in [-0.4, -0.2) is 95.4 Å². The Morgan fingerprint density at radius 1 is 0.818 bits per heavy atom. The van der Waals surface area contributed by atoms with Gasteiger partial charge >= 0.3 is 29.8 Å². The standard InChI is InChI=1S/C9H11NO2.C8H15NO3.C6H9N3O2.C4H7NO4/c10-8(9(11)12)6-7-4-2-1-3-5-7;1-3-4-5-7(8(11)12)9-6(2)10;7-5(6(10)11)1-4-2-8-3-9-4;5-2(4(8)9)1-3(6)7/h1-5,8H,6,10H2,(H,11,12);7H,3-5H2,1-2H3,(H,9,10)(H,11,12);2-3,5H,1,7H2,(H,8,9)(H,10,11);2H,1,5H2,(H,6,7)(H,8,9). The van der Waals surface area contributed by atoms with Gasteiger partial charge in [0.05, 0.1) is 18.4 Å². The lowest BCUT2D eigenvalue weighted by atomic mass is 10.1. The van der Waals surface area contributed by atoms with Gasteiger partial charge in [0.1, 0.15) is 24.2 Å². The number of aliphatic carboxylic acids is 5. The number of carbonyl (C=O) groups is 6.